The van der Waals surface area contributed by atoms with Gasteiger partial charge in [0.2, 0.25) is 0 Å². The number of hydrogen-bond acceptors (Lipinski definition) is 3. The lowest BCUT2D eigenvalue weighted by molar-refractivity contribution is 0.221. The Labute approximate surface area is 137 Å². The topological polar surface area (TPSA) is 29.3 Å². The summed E-state index contributed by atoms with van der Waals surface area (Å²) in [6.45, 7) is 5.05. The highest BCUT2D eigenvalue weighted by molar-refractivity contribution is 5.58. The molecule has 0 saturated heterocycles. The first-order chi connectivity index (χ1) is 11.1. The summed E-state index contributed by atoms with van der Waals surface area (Å²) in [7, 11) is 2.11. The number of benzene rings is 2. The predicted molar refractivity (Wildman–Crippen MR) is 93.0 cm³/mol. The van der Waals surface area contributed by atoms with Crippen molar-refractivity contribution in [3.63, 3.8) is 0 Å². The maximum Gasteiger partial charge on any atom is 0.151 e. The Balaban J connectivity index is 1.69. The highest BCUT2D eigenvalue weighted by atomic mass is 16.5. The van der Waals surface area contributed by atoms with Crippen LogP contribution >= 0.6 is 0 Å². The minimum absolute atomic E-state index is 0.320. The lowest BCUT2D eigenvalue weighted by Crippen LogP contribution is -2.21. The normalized spacial score (nSPS) is 12.5. The Morgan fingerprint density at radius 2 is 1.74 bits per heavy atom. The highest BCUT2D eigenvalue weighted by Gasteiger charge is 2.15. The third kappa shape index (κ3) is 3.69. The summed E-state index contributed by atoms with van der Waals surface area (Å²) >= 11 is 0. The SMILES string of the molecule is Cc1ccc(C(C)N(C)Cc2cc(-c3ccccc3)no2)cc1. The Morgan fingerprint density at radius 1 is 1.04 bits per heavy atom. The molecule has 1 heterocycles. The number of hydrogen-bond donors (Lipinski definition) is 0. The van der Waals surface area contributed by atoms with Crippen LogP contribution in [0.5, 0.6) is 0 Å². The average Bonchev–Trinajstić information content (AvgIpc) is 3.04. The second-order valence-electron chi connectivity index (χ2n) is 6.05. The van der Waals surface area contributed by atoms with E-state index in [4.69, 9.17) is 4.52 Å². The van der Waals surface area contributed by atoms with Gasteiger partial charge in [-0.1, -0.05) is 65.3 Å². The zero-order chi connectivity index (χ0) is 16.2. The van der Waals surface area contributed by atoms with Crippen LogP contribution in [0.25, 0.3) is 11.3 Å². The summed E-state index contributed by atoms with van der Waals surface area (Å²) in [5.74, 6) is 0.880. The van der Waals surface area contributed by atoms with Gasteiger partial charge >= 0.3 is 0 Å². The number of rotatable bonds is 5. The Morgan fingerprint density at radius 3 is 2.43 bits per heavy atom. The van der Waals surface area contributed by atoms with E-state index in [0.29, 0.717) is 6.04 Å². The van der Waals surface area contributed by atoms with Crippen LogP contribution in [-0.4, -0.2) is 17.1 Å². The fourth-order valence-corrected chi connectivity index (χ4v) is 2.61. The van der Waals surface area contributed by atoms with Gasteiger partial charge in [0.25, 0.3) is 0 Å². The monoisotopic (exact) mass is 306 g/mol. The first-order valence-corrected chi connectivity index (χ1v) is 7.91. The van der Waals surface area contributed by atoms with Crippen molar-refractivity contribution in [1.82, 2.24) is 10.1 Å². The van der Waals surface area contributed by atoms with Crippen molar-refractivity contribution in [1.29, 1.82) is 0 Å². The van der Waals surface area contributed by atoms with Crippen LogP contribution in [0.1, 0.15) is 29.9 Å². The molecule has 3 heteroatoms. The second kappa shape index (κ2) is 6.80. The smallest absolute Gasteiger partial charge is 0.151 e. The fraction of sp³-hybridized carbons (Fsp3) is 0.250. The van der Waals surface area contributed by atoms with Gasteiger partial charge < -0.3 is 4.52 Å². The van der Waals surface area contributed by atoms with Crippen molar-refractivity contribution in [2.45, 2.75) is 26.4 Å². The zero-order valence-corrected chi connectivity index (χ0v) is 13.9. The molecule has 0 N–H and O–H groups in total. The molecule has 0 aliphatic carbocycles. The molecule has 118 valence electrons. The molecule has 1 unspecified atom stereocenters. The Bertz CT molecular complexity index is 747. The van der Waals surface area contributed by atoms with Gasteiger partial charge in [0.05, 0.1) is 6.54 Å². The molecular formula is C20H22N2O. The molecule has 0 radical (unpaired) electrons. The molecule has 3 aromatic rings. The Hall–Kier alpha value is -2.39. The van der Waals surface area contributed by atoms with Crippen molar-refractivity contribution in [3.8, 4) is 11.3 Å². The van der Waals surface area contributed by atoms with Crippen LogP contribution in [0.3, 0.4) is 0 Å². The third-order valence-corrected chi connectivity index (χ3v) is 4.25. The summed E-state index contributed by atoms with van der Waals surface area (Å²) in [6.07, 6.45) is 0. The van der Waals surface area contributed by atoms with Crippen molar-refractivity contribution in [2.24, 2.45) is 0 Å². The molecule has 0 amide bonds. The van der Waals surface area contributed by atoms with E-state index < -0.39 is 0 Å². The van der Waals surface area contributed by atoms with Gasteiger partial charge in [0.15, 0.2) is 5.76 Å². The first-order valence-electron chi connectivity index (χ1n) is 7.91. The van der Waals surface area contributed by atoms with Crippen LogP contribution in [0.2, 0.25) is 0 Å². The second-order valence-corrected chi connectivity index (χ2v) is 6.05. The minimum Gasteiger partial charge on any atom is -0.359 e. The molecule has 1 atom stereocenters. The van der Waals surface area contributed by atoms with E-state index in [2.05, 4.69) is 55.2 Å². The molecule has 0 aliphatic heterocycles. The maximum absolute atomic E-state index is 5.50. The summed E-state index contributed by atoms with van der Waals surface area (Å²) in [4.78, 5) is 2.26. The molecular weight excluding hydrogens is 284 g/mol. The van der Waals surface area contributed by atoms with Gasteiger partial charge in [-0.05, 0) is 26.5 Å². The van der Waals surface area contributed by atoms with Gasteiger partial charge in [-0.2, -0.15) is 0 Å². The molecule has 1 aromatic heterocycles. The van der Waals surface area contributed by atoms with Crippen molar-refractivity contribution < 1.29 is 4.52 Å². The number of aromatic nitrogens is 1. The van der Waals surface area contributed by atoms with E-state index in [9.17, 15) is 0 Å². The Kier molecular flexibility index (Phi) is 4.58. The molecule has 0 saturated carbocycles. The lowest BCUT2D eigenvalue weighted by Gasteiger charge is -2.23. The average molecular weight is 306 g/mol. The van der Waals surface area contributed by atoms with E-state index >= 15 is 0 Å². The number of aryl methyl sites for hydroxylation is 1. The van der Waals surface area contributed by atoms with Gasteiger partial charge in [0, 0.05) is 17.7 Å². The zero-order valence-electron chi connectivity index (χ0n) is 13.9. The third-order valence-electron chi connectivity index (χ3n) is 4.25. The molecule has 0 fully saturated rings. The van der Waals surface area contributed by atoms with Gasteiger partial charge in [0.1, 0.15) is 5.69 Å². The molecule has 0 bridgehead atoms. The van der Waals surface area contributed by atoms with Crippen LogP contribution in [0.4, 0.5) is 0 Å². The quantitative estimate of drug-likeness (QED) is 0.675. The minimum atomic E-state index is 0.320. The molecule has 0 spiro atoms. The molecule has 0 aliphatic rings. The maximum atomic E-state index is 5.50. The van der Waals surface area contributed by atoms with Crippen molar-refractivity contribution in [2.75, 3.05) is 7.05 Å². The van der Waals surface area contributed by atoms with E-state index in [1.807, 2.05) is 36.4 Å². The largest absolute Gasteiger partial charge is 0.359 e. The van der Waals surface area contributed by atoms with E-state index in [1.165, 1.54) is 11.1 Å². The van der Waals surface area contributed by atoms with Crippen molar-refractivity contribution in [3.05, 3.63) is 77.6 Å². The number of nitrogens with zero attached hydrogens (tertiary/aromatic N) is 2. The molecule has 3 rings (SSSR count). The predicted octanol–water partition coefficient (Wildman–Crippen LogP) is 4.84. The molecule has 23 heavy (non-hydrogen) atoms. The van der Waals surface area contributed by atoms with Crippen molar-refractivity contribution >= 4 is 0 Å². The first kappa shape index (κ1) is 15.5. The van der Waals surface area contributed by atoms with E-state index in [1.54, 1.807) is 0 Å². The van der Waals surface area contributed by atoms with Gasteiger partial charge in [-0.25, -0.2) is 0 Å². The summed E-state index contributed by atoms with van der Waals surface area (Å²) in [5, 5.41) is 4.18. The standard InChI is InChI=1S/C20H22N2O/c1-15-9-11-17(12-10-15)16(2)22(3)14-19-13-20(21-23-19)18-7-5-4-6-8-18/h4-13,16H,14H2,1-3H3. The lowest BCUT2D eigenvalue weighted by atomic mass is 10.1. The van der Waals surface area contributed by atoms with Gasteiger partial charge in [-0.3, -0.25) is 4.90 Å². The fourth-order valence-electron chi connectivity index (χ4n) is 2.61. The van der Waals surface area contributed by atoms with Crippen LogP contribution < -0.4 is 0 Å². The summed E-state index contributed by atoms with van der Waals surface area (Å²) in [5.41, 5.74) is 4.56. The van der Waals surface area contributed by atoms with Crippen LogP contribution in [0, 0.1) is 6.92 Å². The summed E-state index contributed by atoms with van der Waals surface area (Å²) < 4.78 is 5.50. The van der Waals surface area contributed by atoms with E-state index in [-0.39, 0.29) is 0 Å². The van der Waals surface area contributed by atoms with Crippen LogP contribution in [-0.2, 0) is 6.54 Å². The molecule has 2 aromatic carbocycles. The van der Waals surface area contributed by atoms with Crippen LogP contribution in [0.15, 0.2) is 65.2 Å². The summed E-state index contributed by atoms with van der Waals surface area (Å²) in [6, 6.07) is 21.1. The van der Waals surface area contributed by atoms with E-state index in [0.717, 1.165) is 23.6 Å². The highest BCUT2D eigenvalue weighted by Crippen LogP contribution is 2.23. The molecule has 3 nitrogen and oxygen atoms in total. The van der Waals surface area contributed by atoms with Gasteiger partial charge in [-0.15, -0.1) is 0 Å².